The van der Waals surface area contributed by atoms with E-state index in [1.165, 1.54) is 29.9 Å². The second-order valence-electron chi connectivity index (χ2n) is 10.1. The van der Waals surface area contributed by atoms with Gasteiger partial charge in [0.1, 0.15) is 21.0 Å². The van der Waals surface area contributed by atoms with Gasteiger partial charge in [0.25, 0.3) is 0 Å². The number of benzene rings is 3. The van der Waals surface area contributed by atoms with Gasteiger partial charge in [-0.2, -0.15) is 0 Å². The number of piperidine rings is 1. The summed E-state index contributed by atoms with van der Waals surface area (Å²) in [6, 6.07) is 23.0. The van der Waals surface area contributed by atoms with E-state index in [4.69, 9.17) is 9.57 Å². The van der Waals surface area contributed by atoms with Gasteiger partial charge < -0.3 is 14.5 Å². The minimum atomic E-state index is -0.519. The first-order chi connectivity index (χ1) is 20.2. The molecule has 210 valence electrons. The number of unbranched alkanes of at least 4 members (excludes halogenated alkanes) is 2. The van der Waals surface area contributed by atoms with E-state index in [0.717, 1.165) is 64.9 Å². The molecule has 0 atom stereocenters. The Balaban J connectivity index is 1.05. The number of ether oxygens (including phenoxy) is 1. The molecular weight excluding hydrogens is 536 g/mol. The molecule has 0 N–H and O–H groups in total. The van der Waals surface area contributed by atoms with Gasteiger partial charge in [0, 0.05) is 36.5 Å². The summed E-state index contributed by atoms with van der Waals surface area (Å²) in [5.74, 6) is -0.519. The summed E-state index contributed by atoms with van der Waals surface area (Å²) in [5.41, 5.74) is 4.82. The smallest absolute Gasteiger partial charge is 0.365 e. The second kappa shape index (κ2) is 12.6. The molecule has 0 radical (unpaired) electrons. The minimum absolute atomic E-state index is 0.385. The lowest BCUT2D eigenvalue weighted by Gasteiger charge is -2.33. The van der Waals surface area contributed by atoms with E-state index in [9.17, 15) is 4.79 Å². The Morgan fingerprint density at radius 3 is 2.27 bits per heavy atom. The third-order valence-electron chi connectivity index (χ3n) is 7.31. The highest BCUT2D eigenvalue weighted by Crippen LogP contribution is 2.32. The van der Waals surface area contributed by atoms with Crippen LogP contribution in [0.5, 0.6) is 0 Å². The van der Waals surface area contributed by atoms with Gasteiger partial charge >= 0.3 is 5.97 Å². The van der Waals surface area contributed by atoms with Crippen LogP contribution in [0.4, 0.5) is 5.69 Å². The number of rotatable bonds is 10. The van der Waals surface area contributed by atoms with Crippen LogP contribution in [0.25, 0.3) is 32.2 Å². The molecule has 1 saturated heterocycles. The van der Waals surface area contributed by atoms with Crippen molar-refractivity contribution in [2.24, 2.45) is 0 Å². The Morgan fingerprint density at radius 2 is 1.56 bits per heavy atom. The number of fused-ring (bicyclic) bond motifs is 1. The van der Waals surface area contributed by atoms with Crippen molar-refractivity contribution in [1.82, 2.24) is 25.4 Å². The van der Waals surface area contributed by atoms with Gasteiger partial charge in [0.05, 0.1) is 11.7 Å². The summed E-state index contributed by atoms with van der Waals surface area (Å²) < 4.78 is 6.07. The van der Waals surface area contributed by atoms with Gasteiger partial charge in [-0.05, 0) is 73.0 Å². The van der Waals surface area contributed by atoms with E-state index in [-0.39, 0.29) is 0 Å². The number of para-hydroxylation sites is 1. The maximum absolute atomic E-state index is 12.7. The Bertz CT molecular complexity index is 1590. The molecular formula is C31H32N6O3S. The van der Waals surface area contributed by atoms with Crippen molar-refractivity contribution in [3.63, 3.8) is 0 Å². The highest BCUT2D eigenvalue weighted by Gasteiger charge is 2.20. The number of carbonyl (C=O) groups excluding carboxylic acids is 1. The minimum Gasteiger partial charge on any atom is -0.378 e. The van der Waals surface area contributed by atoms with Gasteiger partial charge in [-0.1, -0.05) is 60.2 Å². The quantitative estimate of drug-likeness (QED) is 0.148. The zero-order chi connectivity index (χ0) is 28.0. The number of carbonyl (C=O) groups is 1. The first-order valence-corrected chi connectivity index (χ1v) is 14.9. The summed E-state index contributed by atoms with van der Waals surface area (Å²) >= 11 is 1.52. The van der Waals surface area contributed by atoms with Crippen LogP contribution in [0, 0.1) is 0 Å². The van der Waals surface area contributed by atoms with Gasteiger partial charge in [-0.3, -0.25) is 0 Å². The summed E-state index contributed by atoms with van der Waals surface area (Å²) in [6.45, 7) is 5.13. The molecule has 0 saturated carbocycles. The number of hydrogen-bond donors (Lipinski definition) is 0. The molecule has 6 rings (SSSR count). The topological polar surface area (TPSA) is 95.3 Å². The van der Waals surface area contributed by atoms with Crippen LogP contribution in [0.1, 0.15) is 49.4 Å². The lowest BCUT2D eigenvalue weighted by Crippen LogP contribution is -2.37. The maximum atomic E-state index is 12.7. The molecule has 0 unspecified atom stereocenters. The number of hydrogen-bond acceptors (Lipinski definition) is 9. The van der Waals surface area contributed by atoms with E-state index in [1.807, 2.05) is 30.3 Å². The van der Waals surface area contributed by atoms with Crippen molar-refractivity contribution in [3.8, 4) is 21.1 Å². The highest BCUT2D eigenvalue weighted by molar-refractivity contribution is 7.17. The molecule has 1 aliphatic rings. The molecule has 41 heavy (non-hydrogen) atoms. The molecule has 9 nitrogen and oxygen atoms in total. The van der Waals surface area contributed by atoms with Crippen molar-refractivity contribution in [2.75, 3.05) is 24.6 Å². The molecule has 0 spiro atoms. The highest BCUT2D eigenvalue weighted by atomic mass is 32.1. The standard InChI is InChI=1S/C31H32N6O3S/c1-2-3-6-21-39-26-17-19-36(20-18-26)25-15-13-23(14-16-25)30-34-33-29(41-30)22-9-11-24(12-10-22)31(38)40-37-28-8-5-4-7-27(28)32-35-37/h4-5,7-16,26H,2-3,6,17-21H2,1H3. The predicted octanol–water partition coefficient (Wildman–Crippen LogP) is 6.06. The van der Waals surface area contributed by atoms with Crippen LogP contribution in [0.2, 0.25) is 0 Å². The number of aromatic nitrogens is 5. The van der Waals surface area contributed by atoms with Crippen LogP contribution >= 0.6 is 11.3 Å². The summed E-state index contributed by atoms with van der Waals surface area (Å²) in [6.07, 6.45) is 6.16. The number of anilines is 1. The predicted molar refractivity (Wildman–Crippen MR) is 160 cm³/mol. The Hall–Kier alpha value is -4.15. The van der Waals surface area contributed by atoms with Crippen molar-refractivity contribution in [2.45, 2.75) is 45.1 Å². The van der Waals surface area contributed by atoms with Gasteiger partial charge in [-0.25, -0.2) is 4.79 Å². The lowest BCUT2D eigenvalue weighted by molar-refractivity contribution is 0.0349. The molecule has 0 bridgehead atoms. The summed E-state index contributed by atoms with van der Waals surface area (Å²) in [7, 11) is 0. The van der Waals surface area contributed by atoms with E-state index >= 15 is 0 Å². The SMILES string of the molecule is CCCCCOC1CCN(c2ccc(-c3nnc(-c4ccc(C(=O)On5nnc6ccccc65)cc4)s3)cc2)CC1. The van der Waals surface area contributed by atoms with Gasteiger partial charge in [0.15, 0.2) is 0 Å². The van der Waals surface area contributed by atoms with Crippen LogP contribution < -0.4 is 9.74 Å². The molecule has 5 aromatic rings. The van der Waals surface area contributed by atoms with Crippen molar-refractivity contribution in [3.05, 3.63) is 78.4 Å². The largest absolute Gasteiger partial charge is 0.378 e. The van der Waals surface area contributed by atoms with Gasteiger partial charge in [0.2, 0.25) is 0 Å². The summed E-state index contributed by atoms with van der Waals surface area (Å²) in [5, 5.41) is 18.4. The molecule has 10 heteroatoms. The number of nitrogens with zero attached hydrogens (tertiary/aromatic N) is 6. The van der Waals surface area contributed by atoms with E-state index in [2.05, 4.69) is 56.6 Å². The molecule has 3 heterocycles. The van der Waals surface area contributed by atoms with Crippen molar-refractivity contribution >= 4 is 34.0 Å². The monoisotopic (exact) mass is 568 g/mol. The zero-order valence-corrected chi connectivity index (χ0v) is 23.8. The third-order valence-corrected chi connectivity index (χ3v) is 8.33. The van der Waals surface area contributed by atoms with Crippen molar-refractivity contribution < 1.29 is 14.4 Å². The average molecular weight is 569 g/mol. The fourth-order valence-corrected chi connectivity index (χ4v) is 5.80. The molecule has 2 aromatic heterocycles. The van der Waals surface area contributed by atoms with E-state index in [1.54, 1.807) is 18.2 Å². The lowest BCUT2D eigenvalue weighted by atomic mass is 10.1. The van der Waals surface area contributed by atoms with Crippen LogP contribution in [0.3, 0.4) is 0 Å². The molecule has 1 fully saturated rings. The van der Waals surface area contributed by atoms with Crippen LogP contribution in [-0.2, 0) is 4.74 Å². The Labute approximate surface area is 242 Å². The fourth-order valence-electron chi connectivity index (χ4n) is 4.95. The Kier molecular flexibility index (Phi) is 8.29. The zero-order valence-electron chi connectivity index (χ0n) is 23.0. The first-order valence-electron chi connectivity index (χ1n) is 14.1. The maximum Gasteiger partial charge on any atom is 0.365 e. The molecule has 3 aromatic carbocycles. The van der Waals surface area contributed by atoms with Gasteiger partial charge in [-0.15, -0.1) is 15.3 Å². The normalized spacial score (nSPS) is 14.0. The Morgan fingerprint density at radius 1 is 0.878 bits per heavy atom. The van der Waals surface area contributed by atoms with E-state index in [0.29, 0.717) is 22.7 Å². The third kappa shape index (κ3) is 6.28. The summed E-state index contributed by atoms with van der Waals surface area (Å²) in [4.78, 5) is 21.6. The first kappa shape index (κ1) is 27.0. The average Bonchev–Trinajstić information content (AvgIpc) is 3.68. The second-order valence-corrected chi connectivity index (χ2v) is 11.1. The van der Waals surface area contributed by atoms with Crippen LogP contribution in [0.15, 0.2) is 72.8 Å². The molecule has 0 amide bonds. The fraction of sp³-hybridized carbons (Fsp3) is 0.323. The molecule has 1 aliphatic heterocycles. The van der Waals surface area contributed by atoms with Crippen molar-refractivity contribution in [1.29, 1.82) is 0 Å². The molecule has 0 aliphatic carbocycles. The van der Waals surface area contributed by atoms with Crippen LogP contribution in [-0.4, -0.2) is 57.1 Å². The van der Waals surface area contributed by atoms with E-state index < -0.39 is 5.97 Å².